The number of amides is 2. The SMILES string of the molecule is O=C(NCCc1ccc(O)c(O)c1)c1cc([N+](=O)[O-])c(C(=O)NCCc2ccc(O)c(O)c2)cc1[N+](=O)[O-]. The molecule has 0 aliphatic rings. The lowest BCUT2D eigenvalue weighted by molar-refractivity contribution is -0.389. The average Bonchev–Trinajstić information content (AvgIpc) is 2.87. The molecule has 38 heavy (non-hydrogen) atoms. The fourth-order valence-electron chi connectivity index (χ4n) is 3.52. The van der Waals surface area contributed by atoms with Gasteiger partial charge < -0.3 is 31.1 Å². The summed E-state index contributed by atoms with van der Waals surface area (Å²) in [6.45, 7) is -0.105. The van der Waals surface area contributed by atoms with Crippen molar-refractivity contribution >= 4 is 23.2 Å². The summed E-state index contributed by atoms with van der Waals surface area (Å²) in [7, 11) is 0. The van der Waals surface area contributed by atoms with E-state index in [9.17, 15) is 50.2 Å². The summed E-state index contributed by atoms with van der Waals surface area (Å²) in [5.41, 5.74) is -1.79. The number of benzene rings is 3. The van der Waals surface area contributed by atoms with Gasteiger partial charge in [-0.3, -0.25) is 29.8 Å². The van der Waals surface area contributed by atoms with Crippen LogP contribution in [0.4, 0.5) is 11.4 Å². The fraction of sp³-hybridized carbons (Fsp3) is 0.167. The van der Waals surface area contributed by atoms with Gasteiger partial charge in [0.05, 0.1) is 9.85 Å². The van der Waals surface area contributed by atoms with Gasteiger partial charge in [-0.1, -0.05) is 12.1 Å². The second-order valence-electron chi connectivity index (χ2n) is 8.06. The minimum absolute atomic E-state index is 0.0525. The molecule has 0 radical (unpaired) electrons. The van der Waals surface area contributed by atoms with Crippen molar-refractivity contribution < 1.29 is 39.9 Å². The second kappa shape index (κ2) is 11.6. The molecule has 0 atom stereocenters. The molecule has 3 aromatic carbocycles. The van der Waals surface area contributed by atoms with Gasteiger partial charge in [0.25, 0.3) is 23.2 Å². The Hall–Kier alpha value is -5.40. The maximum Gasteiger partial charge on any atom is 0.283 e. The predicted molar refractivity (Wildman–Crippen MR) is 131 cm³/mol. The van der Waals surface area contributed by atoms with E-state index in [2.05, 4.69) is 10.6 Å². The molecule has 0 saturated heterocycles. The highest BCUT2D eigenvalue weighted by Gasteiger charge is 2.30. The number of hydrogen-bond donors (Lipinski definition) is 6. The van der Waals surface area contributed by atoms with Crippen molar-refractivity contribution in [3.05, 3.63) is 91.0 Å². The number of phenolic OH excluding ortho intramolecular Hbond substituents is 4. The third kappa shape index (κ3) is 6.42. The van der Waals surface area contributed by atoms with Gasteiger partial charge in [-0.15, -0.1) is 0 Å². The molecule has 0 unspecified atom stereocenters. The highest BCUT2D eigenvalue weighted by Crippen LogP contribution is 2.30. The lowest BCUT2D eigenvalue weighted by Crippen LogP contribution is -2.28. The Bertz CT molecular complexity index is 1320. The van der Waals surface area contributed by atoms with Gasteiger partial charge in [0.1, 0.15) is 11.1 Å². The number of hydrogen-bond acceptors (Lipinski definition) is 10. The van der Waals surface area contributed by atoms with E-state index >= 15 is 0 Å². The first kappa shape index (κ1) is 27.2. The number of nitrogens with one attached hydrogen (secondary N) is 2. The Balaban J connectivity index is 1.76. The zero-order valence-electron chi connectivity index (χ0n) is 19.6. The van der Waals surface area contributed by atoms with Crippen LogP contribution in [0.2, 0.25) is 0 Å². The van der Waals surface area contributed by atoms with Crippen molar-refractivity contribution in [1.29, 1.82) is 0 Å². The number of rotatable bonds is 10. The van der Waals surface area contributed by atoms with E-state index in [1.54, 1.807) is 0 Å². The monoisotopic (exact) mass is 526 g/mol. The van der Waals surface area contributed by atoms with Crippen molar-refractivity contribution in [1.82, 2.24) is 10.6 Å². The van der Waals surface area contributed by atoms with Gasteiger partial charge in [0, 0.05) is 25.2 Å². The Labute approximate surface area is 214 Å². The maximum absolute atomic E-state index is 12.7. The molecule has 0 aliphatic heterocycles. The number of nitrogens with zero attached hydrogens (tertiary/aromatic N) is 2. The Morgan fingerprint density at radius 1 is 0.632 bits per heavy atom. The van der Waals surface area contributed by atoms with Gasteiger partial charge in [-0.05, 0) is 48.2 Å². The van der Waals surface area contributed by atoms with Gasteiger partial charge in [-0.2, -0.15) is 0 Å². The van der Waals surface area contributed by atoms with Crippen molar-refractivity contribution in [3.63, 3.8) is 0 Å². The molecule has 14 nitrogen and oxygen atoms in total. The topological polar surface area (TPSA) is 225 Å². The molecule has 2 amide bonds. The third-order valence-electron chi connectivity index (χ3n) is 5.47. The largest absolute Gasteiger partial charge is 0.504 e. The summed E-state index contributed by atoms with van der Waals surface area (Å²) in [4.78, 5) is 46.7. The molecule has 0 bridgehead atoms. The summed E-state index contributed by atoms with van der Waals surface area (Å²) in [6, 6.07) is 9.34. The Kier molecular flexibility index (Phi) is 8.27. The molecular weight excluding hydrogens is 504 g/mol. The van der Waals surface area contributed by atoms with Crippen LogP contribution in [0.25, 0.3) is 0 Å². The van der Waals surface area contributed by atoms with Crippen molar-refractivity contribution in [2.75, 3.05) is 13.1 Å². The highest BCUT2D eigenvalue weighted by atomic mass is 16.6. The number of nitro groups is 2. The first-order valence-electron chi connectivity index (χ1n) is 11.0. The molecule has 0 heterocycles. The van der Waals surface area contributed by atoms with E-state index in [-0.39, 0.29) is 48.9 Å². The minimum Gasteiger partial charge on any atom is -0.504 e. The maximum atomic E-state index is 12.7. The van der Waals surface area contributed by atoms with Crippen LogP contribution < -0.4 is 10.6 Å². The molecule has 14 heteroatoms. The molecule has 0 fully saturated rings. The number of nitro benzene ring substituents is 2. The van der Waals surface area contributed by atoms with E-state index in [0.717, 1.165) is 0 Å². The molecular formula is C24H22N4O10. The van der Waals surface area contributed by atoms with Crippen LogP contribution in [0.1, 0.15) is 31.8 Å². The number of phenols is 4. The van der Waals surface area contributed by atoms with E-state index < -0.39 is 44.2 Å². The van der Waals surface area contributed by atoms with E-state index in [1.165, 1.54) is 36.4 Å². The van der Waals surface area contributed by atoms with Crippen molar-refractivity contribution in [2.24, 2.45) is 0 Å². The molecule has 0 aromatic heterocycles. The smallest absolute Gasteiger partial charge is 0.283 e. The van der Waals surface area contributed by atoms with E-state index in [1.807, 2.05) is 0 Å². The lowest BCUT2D eigenvalue weighted by atomic mass is 10.0. The fourth-order valence-corrected chi connectivity index (χ4v) is 3.52. The molecule has 3 rings (SSSR count). The molecule has 0 spiro atoms. The van der Waals surface area contributed by atoms with Crippen LogP contribution in [0.3, 0.4) is 0 Å². The minimum atomic E-state index is -0.984. The van der Waals surface area contributed by atoms with E-state index in [4.69, 9.17) is 0 Å². The van der Waals surface area contributed by atoms with Gasteiger partial charge >= 0.3 is 0 Å². The molecule has 0 saturated carbocycles. The van der Waals surface area contributed by atoms with Crippen LogP contribution in [0, 0.1) is 20.2 Å². The number of carbonyl (C=O) groups is 2. The highest BCUT2D eigenvalue weighted by molar-refractivity contribution is 6.04. The summed E-state index contributed by atoms with van der Waals surface area (Å²) < 4.78 is 0. The third-order valence-corrected chi connectivity index (χ3v) is 5.47. The van der Waals surface area contributed by atoms with Crippen molar-refractivity contribution in [3.8, 4) is 23.0 Å². The van der Waals surface area contributed by atoms with Gasteiger partial charge in [0.15, 0.2) is 23.0 Å². The predicted octanol–water partition coefficient (Wildman–Crippen LogP) is 2.27. The van der Waals surface area contributed by atoms with Crippen LogP contribution >= 0.6 is 0 Å². The molecule has 198 valence electrons. The zero-order valence-corrected chi connectivity index (χ0v) is 19.6. The van der Waals surface area contributed by atoms with Crippen LogP contribution in [0.15, 0.2) is 48.5 Å². The standard InChI is InChI=1S/C24H22N4O10/c29-19-3-1-13(9-21(19)31)5-7-25-23(33)15-11-18(28(37)38)16(12-17(15)27(35)36)24(34)26-8-6-14-2-4-20(30)22(32)10-14/h1-4,9-12,29-32H,5-8H2,(H,25,33)(H,26,34). The quantitative estimate of drug-likeness (QED) is 0.128. The summed E-state index contributed by atoms with van der Waals surface area (Å²) >= 11 is 0. The second-order valence-corrected chi connectivity index (χ2v) is 8.06. The Morgan fingerprint density at radius 2 is 1.00 bits per heavy atom. The van der Waals surface area contributed by atoms with Crippen LogP contribution in [-0.2, 0) is 12.8 Å². The Morgan fingerprint density at radius 3 is 1.32 bits per heavy atom. The molecule has 0 aliphatic carbocycles. The normalized spacial score (nSPS) is 10.5. The van der Waals surface area contributed by atoms with Crippen LogP contribution in [-0.4, -0.2) is 55.2 Å². The van der Waals surface area contributed by atoms with Crippen molar-refractivity contribution in [2.45, 2.75) is 12.8 Å². The lowest BCUT2D eigenvalue weighted by Gasteiger charge is -2.10. The van der Waals surface area contributed by atoms with Gasteiger partial charge in [0.2, 0.25) is 0 Å². The summed E-state index contributed by atoms with van der Waals surface area (Å²) in [6.07, 6.45) is 0.351. The van der Waals surface area contributed by atoms with Crippen LogP contribution in [0.5, 0.6) is 23.0 Å². The average molecular weight is 526 g/mol. The molecule has 3 aromatic rings. The number of aromatic hydroxyl groups is 4. The summed E-state index contributed by atoms with van der Waals surface area (Å²) in [5, 5.41) is 65.9. The molecule has 6 N–H and O–H groups in total. The van der Waals surface area contributed by atoms with E-state index in [0.29, 0.717) is 23.3 Å². The zero-order chi connectivity index (χ0) is 28.0. The first-order valence-corrected chi connectivity index (χ1v) is 11.0. The van der Waals surface area contributed by atoms with Gasteiger partial charge in [-0.25, -0.2) is 0 Å². The first-order chi connectivity index (χ1) is 18.0. The summed E-state index contributed by atoms with van der Waals surface area (Å²) in [5.74, 6) is -3.36. The number of carbonyl (C=O) groups excluding carboxylic acids is 2.